The summed E-state index contributed by atoms with van der Waals surface area (Å²) in [6.45, 7) is 1.49. The number of carboxylic acids is 1. The van der Waals surface area contributed by atoms with E-state index in [0.29, 0.717) is 0 Å². The van der Waals surface area contributed by atoms with Crippen LogP contribution in [-0.2, 0) is 38.2 Å². The molecule has 0 unspecified atom stereocenters. The van der Waals surface area contributed by atoms with E-state index in [-0.39, 0.29) is 13.0 Å². The Bertz CT molecular complexity index is 797. The van der Waals surface area contributed by atoms with Crippen molar-refractivity contribution in [3.63, 3.8) is 0 Å². The topological polar surface area (TPSA) is 256 Å². The van der Waals surface area contributed by atoms with Crippen LogP contribution in [0.25, 0.3) is 0 Å². The summed E-state index contributed by atoms with van der Waals surface area (Å²) in [5.41, 5.74) is 5.17. The second-order valence-corrected chi connectivity index (χ2v) is 8.13. The van der Waals surface area contributed by atoms with E-state index < -0.39 is 91.5 Å². The van der Waals surface area contributed by atoms with Crippen LogP contribution in [0.4, 0.5) is 0 Å². The smallest absolute Gasteiger partial charge is 0.303 e. The standard InChI is InChI=1S/C20H34N4O12/c1-8(18(31)23-10(17(21)30)4-5-13(27)28)22-19(32)9(2)35-16-14(24-12(26)7-34-3)20(33)36-11(6-25)15(16)29/h8-11,14-16,20,25,29,33H,4-7H2,1-3H3,(H2,21,30)(H,22,32)(H,23,31)(H,24,26)(H,27,28)/t8-,9+,10+,11+,14+,15+,16+,20+/m0/s1. The molecule has 0 aromatic heterocycles. The molecule has 1 saturated heterocycles. The highest BCUT2D eigenvalue weighted by Crippen LogP contribution is 2.23. The fraction of sp³-hybridized carbons (Fsp3) is 0.750. The van der Waals surface area contributed by atoms with Gasteiger partial charge in [-0.3, -0.25) is 24.0 Å². The van der Waals surface area contributed by atoms with Gasteiger partial charge in [0.1, 0.15) is 49.1 Å². The van der Waals surface area contributed by atoms with Crippen molar-refractivity contribution >= 4 is 29.6 Å². The molecular weight excluding hydrogens is 488 g/mol. The molecule has 8 atom stereocenters. The Morgan fingerprint density at radius 2 is 1.72 bits per heavy atom. The number of carbonyl (C=O) groups is 5. The van der Waals surface area contributed by atoms with Crippen LogP contribution in [0, 0.1) is 0 Å². The molecule has 0 aliphatic carbocycles. The van der Waals surface area contributed by atoms with E-state index in [1.54, 1.807) is 0 Å². The lowest BCUT2D eigenvalue weighted by Gasteiger charge is -2.43. The molecule has 16 nitrogen and oxygen atoms in total. The average Bonchev–Trinajstić information content (AvgIpc) is 2.80. The van der Waals surface area contributed by atoms with Gasteiger partial charge < -0.3 is 56.3 Å². The summed E-state index contributed by atoms with van der Waals surface area (Å²) < 4.78 is 15.4. The van der Waals surface area contributed by atoms with Crippen LogP contribution in [0.5, 0.6) is 0 Å². The molecule has 0 aromatic rings. The van der Waals surface area contributed by atoms with Gasteiger partial charge in [-0.1, -0.05) is 0 Å². The van der Waals surface area contributed by atoms with Gasteiger partial charge in [0, 0.05) is 13.5 Å². The lowest BCUT2D eigenvalue weighted by molar-refractivity contribution is -0.266. The third kappa shape index (κ3) is 9.29. The van der Waals surface area contributed by atoms with E-state index in [0.717, 1.165) is 0 Å². The molecule has 16 heteroatoms. The van der Waals surface area contributed by atoms with E-state index in [1.807, 2.05) is 0 Å². The van der Waals surface area contributed by atoms with E-state index in [4.69, 9.17) is 25.1 Å². The average molecular weight is 523 g/mol. The number of amides is 4. The first-order valence-electron chi connectivity index (χ1n) is 11.0. The van der Waals surface area contributed by atoms with Crippen LogP contribution in [-0.4, -0.2) is 119 Å². The first-order chi connectivity index (χ1) is 16.8. The predicted octanol–water partition coefficient (Wildman–Crippen LogP) is -4.70. The Hall–Kier alpha value is -2.89. The van der Waals surface area contributed by atoms with Gasteiger partial charge >= 0.3 is 5.97 Å². The number of carbonyl (C=O) groups excluding carboxylic acids is 4. The van der Waals surface area contributed by atoms with Gasteiger partial charge in [-0.05, 0) is 20.3 Å². The van der Waals surface area contributed by atoms with Gasteiger partial charge in [0.15, 0.2) is 6.29 Å². The first-order valence-corrected chi connectivity index (χ1v) is 11.0. The second kappa shape index (κ2) is 14.6. The highest BCUT2D eigenvalue weighted by atomic mass is 16.6. The van der Waals surface area contributed by atoms with Crippen molar-refractivity contribution in [3.05, 3.63) is 0 Å². The molecule has 0 saturated carbocycles. The van der Waals surface area contributed by atoms with Crippen molar-refractivity contribution in [1.29, 1.82) is 0 Å². The van der Waals surface area contributed by atoms with Crippen molar-refractivity contribution in [1.82, 2.24) is 16.0 Å². The fourth-order valence-corrected chi connectivity index (χ4v) is 3.30. The number of rotatable bonds is 14. The molecule has 4 amide bonds. The molecule has 1 aliphatic heterocycles. The molecule has 36 heavy (non-hydrogen) atoms. The minimum Gasteiger partial charge on any atom is -0.481 e. The van der Waals surface area contributed by atoms with Gasteiger partial charge in [-0.15, -0.1) is 0 Å². The summed E-state index contributed by atoms with van der Waals surface area (Å²) in [7, 11) is 1.26. The maximum Gasteiger partial charge on any atom is 0.303 e. The Morgan fingerprint density at radius 1 is 1.08 bits per heavy atom. The first kappa shape index (κ1) is 31.1. The van der Waals surface area contributed by atoms with Gasteiger partial charge in [0.05, 0.1) is 6.61 Å². The van der Waals surface area contributed by atoms with Crippen LogP contribution < -0.4 is 21.7 Å². The number of aliphatic hydroxyl groups excluding tert-OH is 3. The van der Waals surface area contributed by atoms with Crippen LogP contribution in [0.15, 0.2) is 0 Å². The number of aliphatic hydroxyl groups is 3. The summed E-state index contributed by atoms with van der Waals surface area (Å²) in [4.78, 5) is 59.1. The van der Waals surface area contributed by atoms with Gasteiger partial charge in [0.2, 0.25) is 23.6 Å². The molecule has 1 fully saturated rings. The lowest BCUT2D eigenvalue weighted by atomic mass is 9.96. The molecule has 9 N–H and O–H groups in total. The molecule has 0 aromatic carbocycles. The minimum atomic E-state index is -1.70. The molecule has 0 spiro atoms. The Kier molecular flexibility index (Phi) is 12.6. The molecule has 206 valence electrons. The number of aliphatic carboxylic acids is 1. The molecule has 0 bridgehead atoms. The fourth-order valence-electron chi connectivity index (χ4n) is 3.30. The zero-order chi connectivity index (χ0) is 27.6. The highest BCUT2D eigenvalue weighted by Gasteiger charge is 2.47. The van der Waals surface area contributed by atoms with Crippen LogP contribution in [0.1, 0.15) is 26.7 Å². The van der Waals surface area contributed by atoms with Gasteiger partial charge in [-0.25, -0.2) is 0 Å². The van der Waals surface area contributed by atoms with Crippen molar-refractivity contribution < 1.29 is 58.6 Å². The number of ether oxygens (including phenoxy) is 3. The number of hydrogen-bond acceptors (Lipinski definition) is 11. The van der Waals surface area contributed by atoms with Crippen LogP contribution >= 0.6 is 0 Å². The molecule has 1 rings (SSSR count). The SMILES string of the molecule is COCC(=O)N[C@@H]1[C@@H](O[C@H](C)C(=O)N[C@@H](C)C(=O)N[C@H](CCC(=O)O)C(N)=O)[C@H](O)[C@@H](CO)O[C@H]1O. The summed E-state index contributed by atoms with van der Waals surface area (Å²) in [6, 6.07) is -3.82. The molecule has 0 radical (unpaired) electrons. The van der Waals surface area contributed by atoms with E-state index >= 15 is 0 Å². The van der Waals surface area contributed by atoms with Gasteiger partial charge in [0.25, 0.3) is 0 Å². The second-order valence-electron chi connectivity index (χ2n) is 8.13. The Balaban J connectivity index is 2.84. The van der Waals surface area contributed by atoms with Crippen molar-refractivity contribution in [3.8, 4) is 0 Å². The maximum atomic E-state index is 12.6. The predicted molar refractivity (Wildman–Crippen MR) is 118 cm³/mol. The zero-order valence-electron chi connectivity index (χ0n) is 20.1. The molecule has 1 aliphatic rings. The number of nitrogens with one attached hydrogen (secondary N) is 3. The Morgan fingerprint density at radius 3 is 2.25 bits per heavy atom. The third-order valence-corrected chi connectivity index (χ3v) is 5.27. The van der Waals surface area contributed by atoms with Crippen molar-refractivity contribution in [2.45, 2.75) is 75.5 Å². The molecular formula is C20H34N4O12. The monoisotopic (exact) mass is 522 g/mol. The third-order valence-electron chi connectivity index (χ3n) is 5.27. The number of nitrogens with two attached hydrogens (primary N) is 1. The van der Waals surface area contributed by atoms with Crippen LogP contribution in [0.2, 0.25) is 0 Å². The minimum absolute atomic E-state index is 0.247. The largest absolute Gasteiger partial charge is 0.481 e. The Labute approximate surface area is 206 Å². The van der Waals surface area contributed by atoms with Crippen LogP contribution in [0.3, 0.4) is 0 Å². The van der Waals surface area contributed by atoms with Crippen molar-refractivity contribution in [2.75, 3.05) is 20.3 Å². The number of carboxylic acid groups (broad SMARTS) is 1. The van der Waals surface area contributed by atoms with Crippen molar-refractivity contribution in [2.24, 2.45) is 5.73 Å². The number of primary amides is 1. The van der Waals surface area contributed by atoms with E-state index in [9.17, 15) is 39.3 Å². The lowest BCUT2D eigenvalue weighted by Crippen LogP contribution is -2.66. The number of hydrogen-bond donors (Lipinski definition) is 8. The van der Waals surface area contributed by atoms with E-state index in [2.05, 4.69) is 16.0 Å². The summed E-state index contributed by atoms with van der Waals surface area (Å²) in [6.07, 6.45) is -7.96. The molecule has 1 heterocycles. The zero-order valence-corrected chi connectivity index (χ0v) is 20.1. The summed E-state index contributed by atoms with van der Waals surface area (Å²) >= 11 is 0. The van der Waals surface area contributed by atoms with Gasteiger partial charge in [-0.2, -0.15) is 0 Å². The summed E-state index contributed by atoms with van der Waals surface area (Å²) in [5, 5.41) is 45.9. The number of methoxy groups -OCH3 is 1. The summed E-state index contributed by atoms with van der Waals surface area (Å²) in [5.74, 6) is -4.48. The normalized spacial score (nSPS) is 26.2. The quantitative estimate of drug-likeness (QED) is 0.107. The highest BCUT2D eigenvalue weighted by molar-refractivity contribution is 5.92. The van der Waals surface area contributed by atoms with E-state index in [1.165, 1.54) is 21.0 Å². The maximum absolute atomic E-state index is 12.6.